The lowest BCUT2D eigenvalue weighted by Gasteiger charge is -2.15. The van der Waals surface area contributed by atoms with Crippen LogP contribution < -0.4 is 10.9 Å². The second kappa shape index (κ2) is 10.5. The van der Waals surface area contributed by atoms with Crippen LogP contribution in [0.4, 0.5) is 17.6 Å². The molecule has 0 atom stereocenters. The summed E-state index contributed by atoms with van der Waals surface area (Å²) in [7, 11) is 0. The third-order valence-corrected chi connectivity index (χ3v) is 8.47. The minimum Gasteiger partial charge on any atom is -0.477 e. The van der Waals surface area contributed by atoms with Gasteiger partial charge in [0.1, 0.15) is 16.1 Å². The van der Waals surface area contributed by atoms with Crippen molar-refractivity contribution >= 4 is 61.3 Å². The lowest BCUT2D eigenvalue weighted by molar-refractivity contribution is 0.0684. The van der Waals surface area contributed by atoms with Crippen LogP contribution in [0.3, 0.4) is 0 Å². The first-order valence-electron chi connectivity index (χ1n) is 12.6. The molecule has 0 aliphatic heterocycles. The Balaban J connectivity index is 0.000000168. The van der Waals surface area contributed by atoms with Crippen molar-refractivity contribution in [2.75, 3.05) is 0 Å². The summed E-state index contributed by atoms with van der Waals surface area (Å²) in [6.07, 6.45) is 5.53. The maximum Gasteiger partial charge on any atom is 0.341 e. The Morgan fingerprint density at radius 1 is 0.762 bits per heavy atom. The summed E-state index contributed by atoms with van der Waals surface area (Å²) in [4.78, 5) is 47.0. The fraction of sp³-hybridized carbons (Fsp3) is 0.286. The highest BCUT2D eigenvalue weighted by Crippen LogP contribution is 2.41. The molecule has 6 rings (SSSR count). The summed E-state index contributed by atoms with van der Waals surface area (Å²) >= 11 is 8.85. The zero-order valence-electron chi connectivity index (χ0n) is 21.8. The molecule has 2 saturated carbocycles. The quantitative estimate of drug-likeness (QED) is 0.185. The molecule has 4 aromatic rings. The molecule has 0 spiro atoms. The Bertz CT molecular complexity index is 1860. The molecular weight excluding hydrogens is 652 g/mol. The van der Waals surface area contributed by atoms with Gasteiger partial charge in [-0.3, -0.25) is 9.59 Å². The van der Waals surface area contributed by atoms with Crippen molar-refractivity contribution in [3.8, 4) is 0 Å². The van der Waals surface area contributed by atoms with E-state index in [2.05, 4.69) is 15.9 Å². The summed E-state index contributed by atoms with van der Waals surface area (Å²) in [5.74, 6) is -7.45. The fourth-order valence-electron chi connectivity index (χ4n) is 4.94. The SMILES string of the molecule is Cc1c(F)c(F)c(Br)c2c1c(=O)c(C(=O)O)cn2C1CC1.Cc1c(F)c(F)c(Cl)c2c1c(=O)c(C(=O)O)cn2C1CC1. The molecule has 14 heteroatoms. The van der Waals surface area contributed by atoms with Crippen molar-refractivity contribution in [1.29, 1.82) is 0 Å². The van der Waals surface area contributed by atoms with Gasteiger partial charge >= 0.3 is 11.9 Å². The van der Waals surface area contributed by atoms with Crippen LogP contribution in [0.1, 0.15) is 69.6 Å². The largest absolute Gasteiger partial charge is 0.477 e. The van der Waals surface area contributed by atoms with Crippen LogP contribution >= 0.6 is 27.5 Å². The van der Waals surface area contributed by atoms with Crippen LogP contribution in [0.25, 0.3) is 21.8 Å². The highest BCUT2D eigenvalue weighted by atomic mass is 79.9. The number of rotatable bonds is 4. The van der Waals surface area contributed by atoms with Gasteiger partial charge < -0.3 is 19.3 Å². The topological polar surface area (TPSA) is 119 Å². The smallest absolute Gasteiger partial charge is 0.341 e. The highest BCUT2D eigenvalue weighted by Gasteiger charge is 2.32. The zero-order chi connectivity index (χ0) is 30.9. The second-order valence-corrected chi connectivity index (χ2v) is 11.4. The van der Waals surface area contributed by atoms with E-state index >= 15 is 0 Å². The van der Waals surface area contributed by atoms with Gasteiger partial charge in [-0.05, 0) is 55.5 Å². The lowest BCUT2D eigenvalue weighted by Crippen LogP contribution is -2.20. The molecule has 0 saturated heterocycles. The molecule has 2 aromatic heterocycles. The molecule has 2 fully saturated rings. The van der Waals surface area contributed by atoms with Gasteiger partial charge in [0.15, 0.2) is 23.3 Å². The molecule has 2 aliphatic carbocycles. The number of hydrogen-bond acceptors (Lipinski definition) is 4. The number of aromatic carboxylic acids is 2. The number of aromatic nitrogens is 2. The van der Waals surface area contributed by atoms with E-state index in [1.807, 2.05) is 0 Å². The minimum absolute atomic E-state index is 0.00626. The molecule has 220 valence electrons. The van der Waals surface area contributed by atoms with Crippen LogP contribution in [0.15, 0.2) is 26.5 Å². The number of carboxylic acid groups (broad SMARTS) is 2. The van der Waals surface area contributed by atoms with E-state index in [1.165, 1.54) is 24.6 Å². The maximum absolute atomic E-state index is 13.9. The van der Waals surface area contributed by atoms with E-state index < -0.39 is 62.2 Å². The molecule has 2 aromatic carbocycles. The third-order valence-electron chi connectivity index (χ3n) is 7.41. The van der Waals surface area contributed by atoms with E-state index in [9.17, 15) is 36.7 Å². The Kier molecular flexibility index (Phi) is 7.46. The third kappa shape index (κ3) is 4.68. The number of halogens is 6. The minimum atomic E-state index is -1.41. The number of benzene rings is 2. The van der Waals surface area contributed by atoms with Crippen molar-refractivity contribution in [3.63, 3.8) is 0 Å². The number of hydrogen-bond donors (Lipinski definition) is 2. The summed E-state index contributed by atoms with van der Waals surface area (Å²) < 4.78 is 58.3. The van der Waals surface area contributed by atoms with E-state index in [4.69, 9.17) is 21.8 Å². The van der Waals surface area contributed by atoms with E-state index in [0.29, 0.717) is 0 Å². The van der Waals surface area contributed by atoms with Crippen LogP contribution in [0, 0.1) is 37.1 Å². The van der Waals surface area contributed by atoms with Gasteiger partial charge in [0.25, 0.3) is 0 Å². The lowest BCUT2D eigenvalue weighted by atomic mass is 10.0. The van der Waals surface area contributed by atoms with Crippen molar-refractivity contribution < 1.29 is 37.4 Å². The Morgan fingerprint density at radius 3 is 1.55 bits per heavy atom. The van der Waals surface area contributed by atoms with Gasteiger partial charge in [0.05, 0.1) is 26.3 Å². The molecule has 0 amide bonds. The van der Waals surface area contributed by atoms with Gasteiger partial charge in [-0.2, -0.15) is 0 Å². The zero-order valence-corrected chi connectivity index (χ0v) is 24.2. The number of carboxylic acids is 2. The van der Waals surface area contributed by atoms with Gasteiger partial charge in [0.2, 0.25) is 10.9 Å². The summed E-state index contributed by atoms with van der Waals surface area (Å²) in [6, 6.07) is -0.0419. The van der Waals surface area contributed by atoms with Crippen LogP contribution in [0.5, 0.6) is 0 Å². The van der Waals surface area contributed by atoms with E-state index in [-0.39, 0.29) is 49.5 Å². The Labute approximate surface area is 246 Å². The number of pyridine rings is 2. The van der Waals surface area contributed by atoms with E-state index in [1.54, 1.807) is 4.57 Å². The first-order chi connectivity index (χ1) is 19.7. The highest BCUT2D eigenvalue weighted by molar-refractivity contribution is 9.10. The number of carbonyl (C=O) groups is 2. The normalized spacial score (nSPS) is 14.7. The van der Waals surface area contributed by atoms with Crippen molar-refractivity contribution in [3.05, 3.63) is 87.9 Å². The van der Waals surface area contributed by atoms with Crippen LogP contribution in [-0.2, 0) is 0 Å². The fourth-order valence-corrected chi connectivity index (χ4v) is 5.80. The van der Waals surface area contributed by atoms with Crippen molar-refractivity contribution in [1.82, 2.24) is 9.13 Å². The van der Waals surface area contributed by atoms with Crippen molar-refractivity contribution in [2.24, 2.45) is 0 Å². The standard InChI is InChI=1S/C14H10BrF2NO3.C14H10ClF2NO3/c2*1-5-8-12(9(15)11(17)10(5)16)18(6-2-3-6)4-7(13(8)19)14(20)21/h2*4,6H,2-3H2,1H3,(H,20,21). The first-order valence-corrected chi connectivity index (χ1v) is 13.8. The van der Waals surface area contributed by atoms with Gasteiger partial charge in [-0.15, -0.1) is 0 Å². The second-order valence-electron chi connectivity index (χ2n) is 10.2. The Hall–Kier alpha value is -3.71. The van der Waals surface area contributed by atoms with Crippen molar-refractivity contribution in [2.45, 2.75) is 51.6 Å². The van der Waals surface area contributed by atoms with E-state index in [0.717, 1.165) is 31.9 Å². The molecule has 2 N–H and O–H groups in total. The summed E-state index contributed by atoms with van der Waals surface area (Å²) in [6.45, 7) is 2.51. The van der Waals surface area contributed by atoms with Gasteiger partial charge in [-0.25, -0.2) is 27.2 Å². The molecule has 2 aliphatic rings. The molecule has 8 nitrogen and oxygen atoms in total. The predicted octanol–water partition coefficient (Wildman–Crippen LogP) is 6.66. The van der Waals surface area contributed by atoms with Gasteiger partial charge in [0, 0.05) is 35.6 Å². The van der Waals surface area contributed by atoms with Gasteiger partial charge in [-0.1, -0.05) is 11.6 Å². The predicted molar refractivity (Wildman–Crippen MR) is 149 cm³/mol. The maximum atomic E-state index is 13.9. The summed E-state index contributed by atoms with van der Waals surface area (Å²) in [5, 5.41) is 17.5. The average molecular weight is 672 g/mol. The first kappa shape index (κ1) is 29.8. The molecule has 0 unspecified atom stereocenters. The molecule has 2 heterocycles. The summed E-state index contributed by atoms with van der Waals surface area (Å²) in [5.41, 5.74) is -2.69. The molecule has 0 radical (unpaired) electrons. The molecule has 0 bridgehead atoms. The van der Waals surface area contributed by atoms with Crippen LogP contribution in [-0.4, -0.2) is 31.3 Å². The van der Waals surface area contributed by atoms with Crippen LogP contribution in [0.2, 0.25) is 5.02 Å². The monoisotopic (exact) mass is 670 g/mol. The number of nitrogens with zero attached hydrogens (tertiary/aromatic N) is 2. The number of fused-ring (bicyclic) bond motifs is 2. The number of aryl methyl sites for hydroxylation is 2. The molecule has 42 heavy (non-hydrogen) atoms. The average Bonchev–Trinajstić information content (AvgIpc) is 3.86. The Morgan fingerprint density at radius 2 is 1.14 bits per heavy atom. The molecular formula is C28H20BrClF4N2O6.